The van der Waals surface area contributed by atoms with Crippen molar-refractivity contribution in [1.29, 1.82) is 0 Å². The van der Waals surface area contributed by atoms with Gasteiger partial charge in [0, 0.05) is 17.2 Å². The second-order valence-corrected chi connectivity index (χ2v) is 6.49. The van der Waals surface area contributed by atoms with Crippen molar-refractivity contribution in [2.24, 2.45) is 0 Å². The van der Waals surface area contributed by atoms with E-state index in [2.05, 4.69) is 0 Å². The highest BCUT2D eigenvalue weighted by atomic mass is 16.5. The van der Waals surface area contributed by atoms with Gasteiger partial charge in [-0.3, -0.25) is 4.79 Å². The average molecular weight is 414 g/mol. The molecule has 0 aliphatic carbocycles. The van der Waals surface area contributed by atoms with E-state index in [1.165, 1.54) is 12.2 Å². The zero-order valence-electron chi connectivity index (χ0n) is 17.3. The van der Waals surface area contributed by atoms with E-state index in [1.54, 1.807) is 68.8 Å². The highest BCUT2D eigenvalue weighted by Gasteiger charge is 2.06. The summed E-state index contributed by atoms with van der Waals surface area (Å²) in [5, 5.41) is 0. The molecular weight excluding hydrogens is 392 g/mol. The maximum atomic E-state index is 12.5. The normalized spacial score (nSPS) is 10.9. The van der Waals surface area contributed by atoms with Gasteiger partial charge in [0.25, 0.3) is 0 Å². The number of carbonyl (C=O) groups excluding carboxylic acids is 2. The Morgan fingerprint density at radius 2 is 1.45 bits per heavy atom. The number of ketones is 1. The lowest BCUT2D eigenvalue weighted by Crippen LogP contribution is -2.04. The Balaban J connectivity index is 1.63. The molecule has 0 saturated carbocycles. The second-order valence-electron chi connectivity index (χ2n) is 6.49. The van der Waals surface area contributed by atoms with Crippen LogP contribution < -0.4 is 14.2 Å². The molecule has 0 radical (unpaired) electrons. The molecule has 5 nitrogen and oxygen atoms in total. The number of ether oxygens (including phenoxy) is 3. The van der Waals surface area contributed by atoms with Crippen LogP contribution in [-0.4, -0.2) is 26.0 Å². The van der Waals surface area contributed by atoms with Gasteiger partial charge in [0.15, 0.2) is 5.78 Å². The van der Waals surface area contributed by atoms with E-state index in [0.29, 0.717) is 22.8 Å². The van der Waals surface area contributed by atoms with Gasteiger partial charge >= 0.3 is 5.97 Å². The highest BCUT2D eigenvalue weighted by Crippen LogP contribution is 2.25. The van der Waals surface area contributed by atoms with Crippen LogP contribution in [0.4, 0.5) is 0 Å². The van der Waals surface area contributed by atoms with Crippen molar-refractivity contribution < 1.29 is 23.8 Å². The first-order valence-electron chi connectivity index (χ1n) is 9.58. The van der Waals surface area contributed by atoms with Gasteiger partial charge < -0.3 is 14.2 Å². The molecule has 0 aromatic heterocycles. The second kappa shape index (κ2) is 10.6. The summed E-state index contributed by atoms with van der Waals surface area (Å²) in [6, 6.07) is 21.2. The van der Waals surface area contributed by atoms with Crippen LogP contribution >= 0.6 is 0 Å². The third kappa shape index (κ3) is 6.18. The van der Waals surface area contributed by atoms with Gasteiger partial charge in [-0.1, -0.05) is 30.3 Å². The summed E-state index contributed by atoms with van der Waals surface area (Å²) in [6.45, 7) is 0. The summed E-state index contributed by atoms with van der Waals surface area (Å²) in [4.78, 5) is 24.5. The molecular formula is C26H22O5. The van der Waals surface area contributed by atoms with E-state index < -0.39 is 5.97 Å². The van der Waals surface area contributed by atoms with Crippen molar-refractivity contribution in [2.75, 3.05) is 14.2 Å². The van der Waals surface area contributed by atoms with Crippen molar-refractivity contribution in [3.8, 4) is 17.2 Å². The maximum absolute atomic E-state index is 12.5. The van der Waals surface area contributed by atoms with Crippen molar-refractivity contribution in [3.63, 3.8) is 0 Å². The van der Waals surface area contributed by atoms with Gasteiger partial charge in [0.05, 0.1) is 14.2 Å². The van der Waals surface area contributed by atoms with Gasteiger partial charge in [-0.2, -0.15) is 0 Å². The van der Waals surface area contributed by atoms with Crippen molar-refractivity contribution in [2.45, 2.75) is 0 Å². The van der Waals surface area contributed by atoms with Crippen LogP contribution in [-0.2, 0) is 4.79 Å². The van der Waals surface area contributed by atoms with E-state index in [4.69, 9.17) is 14.2 Å². The molecule has 0 unspecified atom stereocenters. The third-order valence-electron chi connectivity index (χ3n) is 4.42. The molecule has 3 rings (SSSR count). The lowest BCUT2D eigenvalue weighted by Gasteiger charge is -2.07. The van der Waals surface area contributed by atoms with Crippen LogP contribution in [0.1, 0.15) is 21.5 Å². The molecule has 0 N–H and O–H groups in total. The van der Waals surface area contributed by atoms with Crippen LogP contribution in [0.25, 0.3) is 12.2 Å². The Hall–Kier alpha value is -4.12. The van der Waals surface area contributed by atoms with Gasteiger partial charge in [0.1, 0.15) is 17.2 Å². The number of allylic oxidation sites excluding steroid dienone is 1. The Morgan fingerprint density at radius 1 is 0.742 bits per heavy atom. The summed E-state index contributed by atoms with van der Waals surface area (Å²) < 4.78 is 15.8. The number of hydrogen-bond acceptors (Lipinski definition) is 5. The predicted octanol–water partition coefficient (Wildman–Crippen LogP) is 5.22. The smallest absolute Gasteiger partial charge is 0.336 e. The number of esters is 1. The standard InChI is InChI=1S/C26H22O5/c1-29-23-14-16-25(30-2)21(18-23)11-15-24(27)20-9-12-22(13-10-20)31-26(28)17-8-19-6-4-3-5-7-19/h3-18H,1-2H3. The molecule has 0 atom stereocenters. The van der Waals surface area contributed by atoms with Gasteiger partial charge in [0.2, 0.25) is 0 Å². The molecule has 156 valence electrons. The van der Waals surface area contributed by atoms with Gasteiger partial charge in [-0.25, -0.2) is 4.79 Å². The number of rotatable bonds is 8. The summed E-state index contributed by atoms with van der Waals surface area (Å²) in [7, 11) is 3.14. The van der Waals surface area contributed by atoms with Crippen LogP contribution in [0.3, 0.4) is 0 Å². The molecule has 0 amide bonds. The average Bonchev–Trinajstić information content (AvgIpc) is 2.82. The molecule has 0 heterocycles. The Bertz CT molecular complexity index is 1100. The summed E-state index contributed by atoms with van der Waals surface area (Å²) in [5.74, 6) is 0.980. The molecule has 3 aromatic rings. The van der Waals surface area contributed by atoms with Crippen LogP contribution in [0.15, 0.2) is 84.9 Å². The Morgan fingerprint density at radius 3 is 2.13 bits per heavy atom. The van der Waals surface area contributed by atoms with Crippen LogP contribution in [0.2, 0.25) is 0 Å². The van der Waals surface area contributed by atoms with Crippen molar-refractivity contribution in [3.05, 3.63) is 102 Å². The Labute approximate surface area is 181 Å². The molecule has 0 saturated heterocycles. The molecule has 0 spiro atoms. The molecule has 5 heteroatoms. The molecule has 0 aliphatic heterocycles. The monoisotopic (exact) mass is 414 g/mol. The quantitative estimate of drug-likeness (QED) is 0.219. The number of benzene rings is 3. The minimum atomic E-state index is -0.493. The zero-order valence-corrected chi connectivity index (χ0v) is 17.3. The van der Waals surface area contributed by atoms with Gasteiger partial charge in [-0.05, 0) is 66.3 Å². The minimum Gasteiger partial charge on any atom is -0.497 e. The molecule has 31 heavy (non-hydrogen) atoms. The fourth-order valence-corrected chi connectivity index (χ4v) is 2.80. The number of methoxy groups -OCH3 is 2. The largest absolute Gasteiger partial charge is 0.497 e. The SMILES string of the molecule is COc1ccc(OC)c(C=CC(=O)c2ccc(OC(=O)C=Cc3ccccc3)cc2)c1. The molecule has 3 aromatic carbocycles. The fraction of sp³-hybridized carbons (Fsp3) is 0.0769. The number of hydrogen-bond donors (Lipinski definition) is 0. The molecule has 0 aliphatic rings. The van der Waals surface area contributed by atoms with Crippen LogP contribution in [0, 0.1) is 0 Å². The molecule has 0 bridgehead atoms. The fourth-order valence-electron chi connectivity index (χ4n) is 2.80. The molecule has 0 fully saturated rings. The summed E-state index contributed by atoms with van der Waals surface area (Å²) in [6.07, 6.45) is 6.17. The predicted molar refractivity (Wildman–Crippen MR) is 120 cm³/mol. The van der Waals surface area contributed by atoms with E-state index in [0.717, 1.165) is 11.1 Å². The third-order valence-corrected chi connectivity index (χ3v) is 4.42. The maximum Gasteiger partial charge on any atom is 0.336 e. The van der Waals surface area contributed by atoms with E-state index >= 15 is 0 Å². The van der Waals surface area contributed by atoms with Gasteiger partial charge in [-0.15, -0.1) is 0 Å². The van der Waals surface area contributed by atoms with Crippen molar-refractivity contribution >= 4 is 23.9 Å². The minimum absolute atomic E-state index is 0.188. The summed E-state index contributed by atoms with van der Waals surface area (Å²) >= 11 is 0. The lowest BCUT2D eigenvalue weighted by molar-refractivity contribution is -0.128. The van der Waals surface area contributed by atoms with E-state index in [1.807, 2.05) is 30.3 Å². The number of carbonyl (C=O) groups is 2. The first kappa shape index (κ1) is 21.6. The van der Waals surface area contributed by atoms with E-state index in [9.17, 15) is 9.59 Å². The van der Waals surface area contributed by atoms with E-state index in [-0.39, 0.29) is 5.78 Å². The Kier molecular flexibility index (Phi) is 7.38. The first-order valence-corrected chi connectivity index (χ1v) is 9.58. The topological polar surface area (TPSA) is 61.8 Å². The highest BCUT2D eigenvalue weighted by molar-refractivity contribution is 6.07. The zero-order chi connectivity index (χ0) is 22.1. The van der Waals surface area contributed by atoms with Crippen LogP contribution in [0.5, 0.6) is 17.2 Å². The summed E-state index contributed by atoms with van der Waals surface area (Å²) in [5.41, 5.74) is 2.10. The lowest BCUT2D eigenvalue weighted by atomic mass is 10.1. The first-order chi connectivity index (χ1) is 15.1. The van der Waals surface area contributed by atoms with Crippen molar-refractivity contribution in [1.82, 2.24) is 0 Å².